The topological polar surface area (TPSA) is 56.0 Å². The monoisotopic (exact) mass is 366 g/mol. The van der Waals surface area contributed by atoms with Crippen LogP contribution in [-0.2, 0) is 12.8 Å². The van der Waals surface area contributed by atoms with Crippen molar-refractivity contribution < 1.29 is 4.79 Å². The van der Waals surface area contributed by atoms with E-state index in [-0.39, 0.29) is 5.78 Å². The van der Waals surface area contributed by atoms with Crippen LogP contribution >= 0.6 is 27.5 Å². The number of nitrogens with two attached hydrogens (primary N) is 1. The van der Waals surface area contributed by atoms with Gasteiger partial charge in [0.1, 0.15) is 5.69 Å². The predicted molar refractivity (Wildman–Crippen MR) is 90.0 cm³/mol. The third-order valence-electron chi connectivity index (χ3n) is 3.28. The molecule has 1 aliphatic rings. The van der Waals surface area contributed by atoms with Crippen LogP contribution in [0.2, 0.25) is 5.02 Å². The van der Waals surface area contributed by atoms with Gasteiger partial charge in [-0.15, -0.1) is 0 Å². The highest BCUT2D eigenvalue weighted by Crippen LogP contribution is 2.30. The fourth-order valence-corrected chi connectivity index (χ4v) is 2.89. The Kier molecular flexibility index (Phi) is 5.01. The zero-order valence-corrected chi connectivity index (χ0v) is 14.3. The lowest BCUT2D eigenvalue weighted by atomic mass is 10.0. The molecular formula is C16H16BrClN2O. The van der Waals surface area contributed by atoms with Crippen molar-refractivity contribution in [3.63, 3.8) is 0 Å². The van der Waals surface area contributed by atoms with E-state index in [0.29, 0.717) is 22.0 Å². The smallest absolute Gasteiger partial charge is 0.211 e. The third kappa shape index (κ3) is 3.11. The standard InChI is InChI=1S/C14H10BrClN2O.C2H6/c15-9-3-8-2-1-7-4-11(16)12(17)5-10(7)14(19)13(8)18-6-9;1-2/h3-6H,1-2,17H2;1-2H3. The largest absolute Gasteiger partial charge is 0.398 e. The quantitative estimate of drug-likeness (QED) is 0.701. The molecule has 110 valence electrons. The summed E-state index contributed by atoms with van der Waals surface area (Å²) in [5, 5.41) is 0.492. The van der Waals surface area contributed by atoms with E-state index in [0.717, 1.165) is 28.4 Å². The van der Waals surface area contributed by atoms with Gasteiger partial charge in [0.15, 0.2) is 0 Å². The molecule has 0 saturated carbocycles. The van der Waals surface area contributed by atoms with Gasteiger partial charge in [0, 0.05) is 16.2 Å². The Morgan fingerprint density at radius 2 is 1.86 bits per heavy atom. The maximum Gasteiger partial charge on any atom is 0.211 e. The minimum atomic E-state index is -0.0848. The van der Waals surface area contributed by atoms with Crippen LogP contribution in [0, 0.1) is 0 Å². The first-order valence-electron chi connectivity index (χ1n) is 6.83. The summed E-state index contributed by atoms with van der Waals surface area (Å²) in [5.41, 5.74) is 9.20. The van der Waals surface area contributed by atoms with Gasteiger partial charge in [-0.05, 0) is 58.1 Å². The number of benzene rings is 1. The van der Waals surface area contributed by atoms with Crippen molar-refractivity contribution in [1.29, 1.82) is 0 Å². The van der Waals surface area contributed by atoms with E-state index in [2.05, 4.69) is 20.9 Å². The van der Waals surface area contributed by atoms with Crippen LogP contribution < -0.4 is 5.73 Å². The number of carbonyl (C=O) groups excluding carboxylic acids is 1. The molecule has 0 radical (unpaired) electrons. The lowest BCUT2D eigenvalue weighted by Crippen LogP contribution is -2.07. The Hall–Kier alpha value is -1.39. The van der Waals surface area contributed by atoms with Crippen molar-refractivity contribution in [2.75, 3.05) is 5.73 Å². The number of hydrogen-bond donors (Lipinski definition) is 1. The van der Waals surface area contributed by atoms with Crippen LogP contribution in [0.3, 0.4) is 0 Å². The molecule has 2 aromatic rings. The lowest BCUT2D eigenvalue weighted by molar-refractivity contribution is 0.103. The van der Waals surface area contributed by atoms with Crippen LogP contribution in [0.1, 0.15) is 41.0 Å². The van der Waals surface area contributed by atoms with Crippen molar-refractivity contribution in [3.05, 3.63) is 56.3 Å². The van der Waals surface area contributed by atoms with Crippen LogP contribution in [0.25, 0.3) is 0 Å². The molecule has 21 heavy (non-hydrogen) atoms. The van der Waals surface area contributed by atoms with Crippen LogP contribution in [0.4, 0.5) is 5.69 Å². The number of fused-ring (bicyclic) bond motifs is 2. The SMILES string of the molecule is CC.Nc1cc2c(cc1Cl)CCc1cc(Br)cnc1C2=O. The zero-order chi connectivity index (χ0) is 15.6. The minimum absolute atomic E-state index is 0.0848. The summed E-state index contributed by atoms with van der Waals surface area (Å²) < 4.78 is 0.877. The Morgan fingerprint density at radius 3 is 2.57 bits per heavy atom. The normalized spacial score (nSPS) is 12.7. The molecule has 0 bridgehead atoms. The molecule has 0 unspecified atom stereocenters. The summed E-state index contributed by atoms with van der Waals surface area (Å²) in [6, 6.07) is 5.38. The maximum atomic E-state index is 12.5. The first kappa shape index (κ1) is 16.0. The van der Waals surface area contributed by atoms with Gasteiger partial charge < -0.3 is 5.73 Å². The van der Waals surface area contributed by atoms with E-state index in [1.54, 1.807) is 18.3 Å². The second-order valence-electron chi connectivity index (χ2n) is 4.52. The first-order valence-corrected chi connectivity index (χ1v) is 8.00. The molecule has 2 N–H and O–H groups in total. The van der Waals surface area contributed by atoms with Gasteiger partial charge in [-0.2, -0.15) is 0 Å². The third-order valence-corrected chi connectivity index (χ3v) is 4.04. The van der Waals surface area contributed by atoms with Crippen LogP contribution in [0.5, 0.6) is 0 Å². The highest BCUT2D eigenvalue weighted by atomic mass is 79.9. The van der Waals surface area contributed by atoms with Crippen molar-refractivity contribution in [3.8, 4) is 0 Å². The Morgan fingerprint density at radius 1 is 1.19 bits per heavy atom. The van der Waals surface area contributed by atoms with E-state index >= 15 is 0 Å². The number of hydrogen-bond acceptors (Lipinski definition) is 3. The zero-order valence-electron chi connectivity index (χ0n) is 11.9. The van der Waals surface area contributed by atoms with E-state index in [1.807, 2.05) is 19.9 Å². The van der Waals surface area contributed by atoms with Gasteiger partial charge in [0.25, 0.3) is 0 Å². The Bertz CT molecular complexity index is 701. The van der Waals surface area contributed by atoms with Crippen molar-refractivity contribution in [2.45, 2.75) is 26.7 Å². The maximum absolute atomic E-state index is 12.5. The van der Waals surface area contributed by atoms with Crippen molar-refractivity contribution >= 4 is 39.0 Å². The number of rotatable bonds is 0. The highest BCUT2D eigenvalue weighted by molar-refractivity contribution is 9.10. The first-order chi connectivity index (χ1) is 10.1. The summed E-state index contributed by atoms with van der Waals surface area (Å²) in [7, 11) is 0. The number of nitrogens with zero attached hydrogens (tertiary/aromatic N) is 1. The molecule has 0 aliphatic heterocycles. The minimum Gasteiger partial charge on any atom is -0.398 e. The number of nitrogen functional groups attached to an aromatic ring is 1. The second kappa shape index (κ2) is 6.58. The molecule has 0 fully saturated rings. The van der Waals surface area contributed by atoms with E-state index in [4.69, 9.17) is 17.3 Å². The molecule has 3 nitrogen and oxygen atoms in total. The van der Waals surface area contributed by atoms with Gasteiger partial charge in [0.2, 0.25) is 5.78 Å². The highest BCUT2D eigenvalue weighted by Gasteiger charge is 2.23. The van der Waals surface area contributed by atoms with E-state index in [1.165, 1.54) is 0 Å². The molecule has 3 rings (SSSR count). The molecule has 1 heterocycles. The van der Waals surface area contributed by atoms with Gasteiger partial charge >= 0.3 is 0 Å². The molecule has 0 spiro atoms. The molecule has 1 aliphatic carbocycles. The number of ketones is 1. The number of pyridine rings is 1. The van der Waals surface area contributed by atoms with Crippen molar-refractivity contribution in [2.24, 2.45) is 0 Å². The van der Waals surface area contributed by atoms with Gasteiger partial charge in [-0.1, -0.05) is 25.4 Å². The summed E-state index contributed by atoms with van der Waals surface area (Å²) in [6.45, 7) is 4.00. The average molecular weight is 368 g/mol. The Labute approximate surface area is 137 Å². The fourth-order valence-electron chi connectivity index (χ4n) is 2.32. The van der Waals surface area contributed by atoms with Crippen LogP contribution in [0.15, 0.2) is 28.9 Å². The van der Waals surface area contributed by atoms with E-state index in [9.17, 15) is 4.79 Å². The number of halogens is 2. The molecule has 1 aromatic carbocycles. The summed E-state index contributed by atoms with van der Waals surface area (Å²) >= 11 is 9.40. The number of aryl methyl sites for hydroxylation is 2. The summed E-state index contributed by atoms with van der Waals surface area (Å²) in [6.07, 6.45) is 3.16. The molecule has 0 atom stereocenters. The van der Waals surface area contributed by atoms with E-state index < -0.39 is 0 Å². The van der Waals surface area contributed by atoms with Gasteiger partial charge in [-0.25, -0.2) is 0 Å². The lowest BCUT2D eigenvalue weighted by Gasteiger charge is -2.07. The van der Waals surface area contributed by atoms with Crippen LogP contribution in [-0.4, -0.2) is 10.8 Å². The predicted octanol–water partition coefficient (Wildman–Crippen LogP) is 4.44. The van der Waals surface area contributed by atoms with Crippen molar-refractivity contribution in [1.82, 2.24) is 4.98 Å². The summed E-state index contributed by atoms with van der Waals surface area (Å²) in [4.78, 5) is 16.8. The Balaban J connectivity index is 0.000000774. The van der Waals surface area contributed by atoms with Gasteiger partial charge in [0.05, 0.1) is 10.7 Å². The molecule has 1 aromatic heterocycles. The van der Waals surface area contributed by atoms with Gasteiger partial charge in [-0.3, -0.25) is 9.78 Å². The second-order valence-corrected chi connectivity index (χ2v) is 5.84. The molecule has 0 amide bonds. The molecular weight excluding hydrogens is 352 g/mol. The number of anilines is 1. The number of aromatic nitrogens is 1. The number of carbonyl (C=O) groups is 1. The fraction of sp³-hybridized carbons (Fsp3) is 0.250. The summed E-state index contributed by atoms with van der Waals surface area (Å²) in [5.74, 6) is -0.0848. The molecule has 5 heteroatoms. The molecule has 0 saturated heterocycles. The average Bonchev–Trinajstić information content (AvgIpc) is 2.60.